The van der Waals surface area contributed by atoms with Crippen molar-refractivity contribution in [3.05, 3.63) is 96.6 Å². The lowest BCUT2D eigenvalue weighted by Gasteiger charge is -2.28. The number of fused-ring (bicyclic) bond motifs is 1. The Morgan fingerprint density at radius 2 is 1.48 bits per heavy atom. The van der Waals surface area contributed by atoms with E-state index < -0.39 is 5.60 Å². The molecule has 0 unspecified atom stereocenters. The van der Waals surface area contributed by atoms with E-state index in [0.29, 0.717) is 6.54 Å². The number of ether oxygens (including phenoxy) is 1. The first-order valence-corrected chi connectivity index (χ1v) is 10.4. The molecule has 0 N–H and O–H groups in total. The maximum atomic E-state index is 13.1. The van der Waals surface area contributed by atoms with Crippen LogP contribution in [-0.2, 0) is 11.3 Å². The zero-order valence-corrected chi connectivity index (χ0v) is 18.1. The van der Waals surface area contributed by atoms with Gasteiger partial charge in [0.25, 0.3) is 0 Å². The van der Waals surface area contributed by atoms with Crippen LogP contribution in [0.3, 0.4) is 0 Å². The fraction of sp³-hybridized carbons (Fsp3) is 0.185. The summed E-state index contributed by atoms with van der Waals surface area (Å²) in [5.41, 5.74) is 4.04. The second-order valence-electron chi connectivity index (χ2n) is 8.45. The molecular formula is C27H26N2O2. The van der Waals surface area contributed by atoms with Gasteiger partial charge >= 0.3 is 6.09 Å². The Balaban J connectivity index is 1.81. The van der Waals surface area contributed by atoms with Gasteiger partial charge in [-0.25, -0.2) is 9.78 Å². The maximum Gasteiger partial charge on any atom is 0.415 e. The summed E-state index contributed by atoms with van der Waals surface area (Å²) in [4.78, 5) is 19.7. The Labute approximate surface area is 183 Å². The highest BCUT2D eigenvalue weighted by atomic mass is 16.6. The molecule has 4 nitrogen and oxygen atoms in total. The standard InChI is InChI=1S/C27H26N2O2/c1-27(2,3)31-26(30)29(22-14-8-5-9-15-22)19-21-18-25(20-12-6-4-7-13-20)28-24-17-11-10-16-23(21)24/h4-18H,19H2,1-3H3. The Bertz CT molecular complexity index is 1180. The lowest BCUT2D eigenvalue weighted by molar-refractivity contribution is 0.0577. The average molecular weight is 411 g/mol. The molecule has 0 radical (unpaired) electrons. The van der Waals surface area contributed by atoms with Crippen LogP contribution < -0.4 is 4.90 Å². The van der Waals surface area contributed by atoms with E-state index in [1.807, 2.05) is 106 Å². The van der Waals surface area contributed by atoms with Crippen molar-refractivity contribution < 1.29 is 9.53 Å². The first-order valence-electron chi connectivity index (χ1n) is 10.4. The number of carbonyl (C=O) groups is 1. The SMILES string of the molecule is CC(C)(C)OC(=O)N(Cc1cc(-c2ccccc2)nc2ccccc12)c1ccccc1. The molecule has 31 heavy (non-hydrogen) atoms. The highest BCUT2D eigenvalue weighted by Crippen LogP contribution is 2.28. The smallest absolute Gasteiger partial charge is 0.415 e. The van der Waals surface area contributed by atoms with Gasteiger partial charge in [0, 0.05) is 16.6 Å². The Kier molecular flexibility index (Phi) is 5.72. The van der Waals surface area contributed by atoms with Crippen LogP contribution in [-0.4, -0.2) is 16.7 Å². The fourth-order valence-electron chi connectivity index (χ4n) is 3.49. The van der Waals surface area contributed by atoms with Crippen LogP contribution in [0.5, 0.6) is 0 Å². The van der Waals surface area contributed by atoms with E-state index in [2.05, 4.69) is 6.07 Å². The predicted molar refractivity (Wildman–Crippen MR) is 126 cm³/mol. The van der Waals surface area contributed by atoms with Crippen molar-refractivity contribution >= 4 is 22.7 Å². The van der Waals surface area contributed by atoms with Gasteiger partial charge in [-0.1, -0.05) is 66.7 Å². The number of benzene rings is 3. The molecule has 0 aliphatic heterocycles. The monoisotopic (exact) mass is 410 g/mol. The molecular weight excluding hydrogens is 384 g/mol. The maximum absolute atomic E-state index is 13.1. The number of aromatic nitrogens is 1. The van der Waals surface area contributed by atoms with Gasteiger partial charge in [0.15, 0.2) is 0 Å². The van der Waals surface area contributed by atoms with Crippen molar-refractivity contribution in [2.75, 3.05) is 4.90 Å². The van der Waals surface area contributed by atoms with E-state index in [1.54, 1.807) is 4.90 Å². The molecule has 4 rings (SSSR count). The molecule has 156 valence electrons. The third-order valence-corrected chi connectivity index (χ3v) is 4.88. The summed E-state index contributed by atoms with van der Waals surface area (Å²) in [7, 11) is 0. The quantitative estimate of drug-likeness (QED) is 0.370. The number of hydrogen-bond acceptors (Lipinski definition) is 3. The number of para-hydroxylation sites is 2. The first-order chi connectivity index (χ1) is 14.9. The summed E-state index contributed by atoms with van der Waals surface area (Å²) in [5.74, 6) is 0. The van der Waals surface area contributed by atoms with Crippen LogP contribution >= 0.6 is 0 Å². The van der Waals surface area contributed by atoms with Crippen LogP contribution in [0.1, 0.15) is 26.3 Å². The van der Waals surface area contributed by atoms with Crippen molar-refractivity contribution in [2.24, 2.45) is 0 Å². The topological polar surface area (TPSA) is 42.4 Å². The molecule has 1 amide bonds. The molecule has 4 aromatic rings. The summed E-state index contributed by atoms with van der Waals surface area (Å²) in [6.07, 6.45) is -0.374. The minimum atomic E-state index is -0.584. The lowest BCUT2D eigenvalue weighted by Crippen LogP contribution is -2.36. The van der Waals surface area contributed by atoms with Crippen molar-refractivity contribution in [2.45, 2.75) is 32.9 Å². The molecule has 3 aromatic carbocycles. The zero-order valence-electron chi connectivity index (χ0n) is 18.1. The van der Waals surface area contributed by atoms with Gasteiger partial charge in [0.2, 0.25) is 0 Å². The van der Waals surface area contributed by atoms with E-state index in [0.717, 1.165) is 33.4 Å². The van der Waals surface area contributed by atoms with Crippen LogP contribution in [0.25, 0.3) is 22.2 Å². The minimum Gasteiger partial charge on any atom is -0.443 e. The molecule has 0 fully saturated rings. The molecule has 0 aliphatic carbocycles. The third kappa shape index (κ3) is 4.92. The lowest BCUT2D eigenvalue weighted by atomic mass is 10.0. The number of hydrogen-bond donors (Lipinski definition) is 0. The van der Waals surface area contributed by atoms with E-state index in [-0.39, 0.29) is 6.09 Å². The summed E-state index contributed by atoms with van der Waals surface area (Å²) in [6, 6.07) is 29.8. The van der Waals surface area contributed by atoms with E-state index in [9.17, 15) is 4.79 Å². The summed E-state index contributed by atoms with van der Waals surface area (Å²) in [5, 5.41) is 1.02. The molecule has 0 atom stereocenters. The van der Waals surface area contributed by atoms with Gasteiger partial charge in [-0.15, -0.1) is 0 Å². The van der Waals surface area contributed by atoms with Crippen LogP contribution in [0.2, 0.25) is 0 Å². The summed E-state index contributed by atoms with van der Waals surface area (Å²) < 4.78 is 5.72. The van der Waals surface area contributed by atoms with Crippen molar-refractivity contribution in [3.63, 3.8) is 0 Å². The van der Waals surface area contributed by atoms with E-state index in [1.165, 1.54) is 0 Å². The second-order valence-corrected chi connectivity index (χ2v) is 8.45. The van der Waals surface area contributed by atoms with Gasteiger partial charge in [-0.3, -0.25) is 4.90 Å². The Morgan fingerprint density at radius 3 is 2.16 bits per heavy atom. The molecule has 0 saturated heterocycles. The Morgan fingerprint density at radius 1 is 0.871 bits per heavy atom. The normalized spacial score (nSPS) is 11.3. The highest BCUT2D eigenvalue weighted by Gasteiger charge is 2.24. The molecule has 4 heteroatoms. The van der Waals surface area contributed by atoms with Gasteiger partial charge in [-0.05, 0) is 50.6 Å². The summed E-state index contributed by atoms with van der Waals surface area (Å²) in [6.45, 7) is 6.01. The highest BCUT2D eigenvalue weighted by molar-refractivity contribution is 5.90. The molecule has 0 aliphatic rings. The molecule has 0 spiro atoms. The van der Waals surface area contributed by atoms with Crippen LogP contribution in [0.15, 0.2) is 91.0 Å². The number of nitrogens with zero attached hydrogens (tertiary/aromatic N) is 2. The number of anilines is 1. The van der Waals surface area contributed by atoms with Crippen molar-refractivity contribution in [1.29, 1.82) is 0 Å². The number of rotatable bonds is 4. The second kappa shape index (κ2) is 8.60. The van der Waals surface area contributed by atoms with Gasteiger partial charge in [0.1, 0.15) is 5.60 Å². The van der Waals surface area contributed by atoms with E-state index >= 15 is 0 Å². The van der Waals surface area contributed by atoms with Crippen molar-refractivity contribution in [1.82, 2.24) is 4.98 Å². The van der Waals surface area contributed by atoms with E-state index in [4.69, 9.17) is 9.72 Å². The fourth-order valence-corrected chi connectivity index (χ4v) is 3.49. The average Bonchev–Trinajstić information content (AvgIpc) is 2.77. The third-order valence-electron chi connectivity index (χ3n) is 4.88. The first kappa shape index (κ1) is 20.6. The minimum absolute atomic E-state index is 0.374. The number of carbonyl (C=O) groups excluding carboxylic acids is 1. The zero-order chi connectivity index (χ0) is 21.8. The largest absolute Gasteiger partial charge is 0.443 e. The van der Waals surface area contributed by atoms with Crippen LogP contribution in [0.4, 0.5) is 10.5 Å². The van der Waals surface area contributed by atoms with Crippen molar-refractivity contribution in [3.8, 4) is 11.3 Å². The predicted octanol–water partition coefficient (Wildman–Crippen LogP) is 6.84. The van der Waals surface area contributed by atoms with Gasteiger partial charge < -0.3 is 4.74 Å². The number of pyridine rings is 1. The molecule has 1 heterocycles. The van der Waals surface area contributed by atoms with Gasteiger partial charge in [0.05, 0.1) is 17.8 Å². The Hall–Kier alpha value is -3.66. The molecule has 1 aromatic heterocycles. The van der Waals surface area contributed by atoms with Gasteiger partial charge in [-0.2, -0.15) is 0 Å². The van der Waals surface area contributed by atoms with Crippen LogP contribution in [0, 0.1) is 0 Å². The molecule has 0 bridgehead atoms. The number of amides is 1. The molecule has 0 saturated carbocycles. The summed E-state index contributed by atoms with van der Waals surface area (Å²) >= 11 is 0.